The van der Waals surface area contributed by atoms with Gasteiger partial charge in [-0.05, 0) is 12.1 Å². The van der Waals surface area contributed by atoms with Gasteiger partial charge in [-0.15, -0.1) is 0 Å². The quantitative estimate of drug-likeness (QED) is 0.498. The van der Waals surface area contributed by atoms with Crippen LogP contribution in [0.5, 0.6) is 0 Å². The van der Waals surface area contributed by atoms with E-state index in [1.165, 1.54) is 23.9 Å². The third kappa shape index (κ3) is 0.988. The Bertz CT molecular complexity index is 243. The third-order valence-electron chi connectivity index (χ3n) is 1.08. The van der Waals surface area contributed by atoms with Crippen LogP contribution < -0.4 is 5.56 Å². The van der Waals surface area contributed by atoms with E-state index in [1.807, 2.05) is 0 Å². The Labute approximate surface area is 51.6 Å². The molecule has 9 heavy (non-hydrogen) atoms. The van der Waals surface area contributed by atoms with Crippen LogP contribution in [0.15, 0.2) is 23.1 Å². The van der Waals surface area contributed by atoms with Crippen LogP contribution in [0.1, 0.15) is 0 Å². The average molecular weight is 127 g/mol. The zero-order valence-electron chi connectivity index (χ0n) is 4.97. The van der Waals surface area contributed by atoms with Gasteiger partial charge in [0.1, 0.15) is 0 Å². The molecule has 1 heterocycles. The van der Waals surface area contributed by atoms with Gasteiger partial charge in [0.25, 0.3) is 5.56 Å². The van der Waals surface area contributed by atoms with Crippen molar-refractivity contribution in [1.29, 1.82) is 0 Å². The summed E-state index contributed by atoms with van der Waals surface area (Å²) >= 11 is 0. The molecule has 0 saturated carbocycles. The largest absolute Gasteiger partial charge is 0.316 e. The predicted octanol–water partition coefficient (Wildman–Crippen LogP) is 0.524. The zero-order chi connectivity index (χ0) is 6.85. The molecule has 0 atom stereocenters. The smallest absolute Gasteiger partial charge is 0.286 e. The molecule has 48 valence electrons. The summed E-state index contributed by atoms with van der Waals surface area (Å²) in [5.41, 5.74) is -0.586. The van der Waals surface area contributed by atoms with Crippen molar-refractivity contribution >= 4 is 0 Å². The molecule has 1 aromatic heterocycles. The van der Waals surface area contributed by atoms with Gasteiger partial charge in [-0.2, -0.15) is 0 Å². The monoisotopic (exact) mass is 127 g/mol. The van der Waals surface area contributed by atoms with Gasteiger partial charge in [0.05, 0.1) is 0 Å². The lowest BCUT2D eigenvalue weighted by Gasteiger charge is -1.92. The molecule has 0 amide bonds. The third-order valence-corrected chi connectivity index (χ3v) is 1.08. The highest BCUT2D eigenvalue weighted by Gasteiger charge is 1.94. The molecule has 0 saturated heterocycles. The molecule has 0 bridgehead atoms. The van der Waals surface area contributed by atoms with Crippen LogP contribution in [0.2, 0.25) is 0 Å². The van der Waals surface area contributed by atoms with Gasteiger partial charge in [0.15, 0.2) is 5.82 Å². The van der Waals surface area contributed by atoms with Crippen molar-refractivity contribution in [1.82, 2.24) is 4.57 Å². The molecular formula is C6H6FNO. The van der Waals surface area contributed by atoms with Crippen molar-refractivity contribution < 1.29 is 4.39 Å². The lowest BCUT2D eigenvalue weighted by molar-refractivity contribution is 0.590. The van der Waals surface area contributed by atoms with E-state index >= 15 is 0 Å². The van der Waals surface area contributed by atoms with Crippen molar-refractivity contribution in [3.8, 4) is 0 Å². The summed E-state index contributed by atoms with van der Waals surface area (Å²) in [5.74, 6) is -0.708. The van der Waals surface area contributed by atoms with Gasteiger partial charge in [0.2, 0.25) is 0 Å². The molecule has 2 nitrogen and oxygen atoms in total. The van der Waals surface area contributed by atoms with E-state index in [0.29, 0.717) is 0 Å². The van der Waals surface area contributed by atoms with E-state index in [2.05, 4.69) is 0 Å². The number of aromatic nitrogens is 1. The number of halogens is 1. The normalized spacial score (nSPS) is 9.56. The molecule has 0 aromatic carbocycles. The van der Waals surface area contributed by atoms with Crippen molar-refractivity contribution in [2.45, 2.75) is 0 Å². The molecule has 1 rings (SSSR count). The van der Waals surface area contributed by atoms with Crippen molar-refractivity contribution in [2.24, 2.45) is 7.05 Å². The minimum Gasteiger partial charge on any atom is -0.316 e. The Balaban J connectivity index is 3.43. The highest BCUT2D eigenvalue weighted by atomic mass is 19.1. The van der Waals surface area contributed by atoms with Gasteiger partial charge in [-0.3, -0.25) is 4.79 Å². The van der Waals surface area contributed by atoms with Gasteiger partial charge < -0.3 is 4.57 Å². The van der Waals surface area contributed by atoms with Crippen LogP contribution in [-0.4, -0.2) is 4.57 Å². The molecule has 0 spiro atoms. The first-order valence-corrected chi connectivity index (χ1v) is 2.53. The first-order valence-electron chi connectivity index (χ1n) is 2.53. The average Bonchev–Trinajstić information content (AvgIpc) is 1.83. The molecule has 3 heteroatoms. The summed E-state index contributed by atoms with van der Waals surface area (Å²) in [6, 6.07) is 2.62. The van der Waals surface area contributed by atoms with Gasteiger partial charge in [-0.1, -0.05) is 0 Å². The molecule has 0 aliphatic carbocycles. The Kier molecular flexibility index (Phi) is 1.34. The van der Waals surface area contributed by atoms with E-state index < -0.39 is 11.4 Å². The Morgan fingerprint density at radius 3 is 2.78 bits per heavy atom. The van der Waals surface area contributed by atoms with E-state index in [-0.39, 0.29) is 0 Å². The molecule has 0 unspecified atom stereocenters. The van der Waals surface area contributed by atoms with Crippen molar-refractivity contribution in [3.63, 3.8) is 0 Å². The van der Waals surface area contributed by atoms with E-state index in [4.69, 9.17) is 0 Å². The summed E-state index contributed by atoms with van der Waals surface area (Å²) in [6.07, 6.45) is 1.51. The summed E-state index contributed by atoms with van der Waals surface area (Å²) in [7, 11) is 1.51. The summed E-state index contributed by atoms with van der Waals surface area (Å²) in [5, 5.41) is 0. The second-order valence-corrected chi connectivity index (χ2v) is 1.77. The SMILES string of the molecule is Cn1cccc(F)c1=O. The summed E-state index contributed by atoms with van der Waals surface area (Å²) in [6.45, 7) is 0. The molecule has 0 fully saturated rings. The fraction of sp³-hybridized carbons (Fsp3) is 0.167. The van der Waals surface area contributed by atoms with Crippen molar-refractivity contribution in [3.05, 3.63) is 34.5 Å². The van der Waals surface area contributed by atoms with Crippen LogP contribution in [0.3, 0.4) is 0 Å². The minimum absolute atomic E-state index is 0.586. The highest BCUT2D eigenvalue weighted by Crippen LogP contribution is 1.84. The molecular weight excluding hydrogens is 121 g/mol. The van der Waals surface area contributed by atoms with E-state index in [0.717, 1.165) is 6.07 Å². The number of hydrogen-bond donors (Lipinski definition) is 0. The molecule has 1 aromatic rings. The maximum absolute atomic E-state index is 12.2. The van der Waals surface area contributed by atoms with Crippen LogP contribution in [-0.2, 0) is 7.05 Å². The summed E-state index contributed by atoms with van der Waals surface area (Å²) < 4.78 is 13.4. The number of rotatable bonds is 0. The van der Waals surface area contributed by atoms with Gasteiger partial charge in [-0.25, -0.2) is 4.39 Å². The Morgan fingerprint density at radius 1 is 1.67 bits per heavy atom. The van der Waals surface area contributed by atoms with Gasteiger partial charge in [0, 0.05) is 13.2 Å². The first-order chi connectivity index (χ1) is 4.22. The number of aryl methyl sites for hydroxylation is 1. The second kappa shape index (κ2) is 2.01. The molecule has 0 aliphatic heterocycles. The number of hydrogen-bond acceptors (Lipinski definition) is 1. The standard InChI is InChI=1S/C6H6FNO/c1-8-4-2-3-5(7)6(8)9/h2-4H,1H3. The van der Waals surface area contributed by atoms with Crippen LogP contribution in [0.25, 0.3) is 0 Å². The lowest BCUT2D eigenvalue weighted by atomic mass is 10.5. The van der Waals surface area contributed by atoms with E-state index in [9.17, 15) is 9.18 Å². The lowest BCUT2D eigenvalue weighted by Crippen LogP contribution is -2.18. The molecule has 0 aliphatic rings. The van der Waals surface area contributed by atoms with Gasteiger partial charge >= 0.3 is 0 Å². The van der Waals surface area contributed by atoms with Crippen molar-refractivity contribution in [2.75, 3.05) is 0 Å². The predicted molar refractivity (Wildman–Crippen MR) is 31.6 cm³/mol. The first kappa shape index (κ1) is 6.01. The second-order valence-electron chi connectivity index (χ2n) is 1.77. The Hall–Kier alpha value is -1.12. The van der Waals surface area contributed by atoms with Crippen LogP contribution >= 0.6 is 0 Å². The highest BCUT2D eigenvalue weighted by molar-refractivity contribution is 4.95. The Morgan fingerprint density at radius 2 is 2.33 bits per heavy atom. The number of pyridine rings is 1. The maximum Gasteiger partial charge on any atom is 0.286 e. The molecule has 0 radical (unpaired) electrons. The summed E-state index contributed by atoms with van der Waals surface area (Å²) in [4.78, 5) is 10.6. The maximum atomic E-state index is 12.2. The van der Waals surface area contributed by atoms with E-state index in [1.54, 1.807) is 0 Å². The fourth-order valence-corrected chi connectivity index (χ4v) is 0.564. The topological polar surface area (TPSA) is 22.0 Å². The fourth-order valence-electron chi connectivity index (χ4n) is 0.564. The number of nitrogens with zero attached hydrogens (tertiary/aromatic N) is 1. The zero-order valence-corrected chi connectivity index (χ0v) is 4.97. The van der Waals surface area contributed by atoms with Crippen LogP contribution in [0, 0.1) is 5.82 Å². The minimum atomic E-state index is -0.708. The van der Waals surface area contributed by atoms with Crippen LogP contribution in [0.4, 0.5) is 4.39 Å². The molecule has 0 N–H and O–H groups in total.